The van der Waals surface area contributed by atoms with E-state index < -0.39 is 21.8 Å². The van der Waals surface area contributed by atoms with E-state index in [1.807, 2.05) is 24.3 Å². The summed E-state index contributed by atoms with van der Waals surface area (Å²) < 4.78 is 29.3. The van der Waals surface area contributed by atoms with Crippen molar-refractivity contribution < 1.29 is 18.0 Å². The number of nitrogens with one attached hydrogen (secondary N) is 2. The van der Waals surface area contributed by atoms with Gasteiger partial charge in [0.05, 0.1) is 15.9 Å². The summed E-state index contributed by atoms with van der Waals surface area (Å²) in [5, 5.41) is 8.18. The third-order valence-electron chi connectivity index (χ3n) is 7.38. The van der Waals surface area contributed by atoms with Crippen molar-refractivity contribution >= 4 is 71.2 Å². The Hall–Kier alpha value is -3.48. The lowest BCUT2D eigenvalue weighted by Crippen LogP contribution is -2.41. The summed E-state index contributed by atoms with van der Waals surface area (Å²) >= 11 is 2.87. The van der Waals surface area contributed by atoms with Gasteiger partial charge in [0.2, 0.25) is 0 Å². The maximum Gasteiger partial charge on any atom is 0.313 e. The van der Waals surface area contributed by atoms with Crippen LogP contribution in [0.4, 0.5) is 16.5 Å². The Kier molecular flexibility index (Phi) is 7.47. The number of thiazole rings is 1. The van der Waals surface area contributed by atoms with Gasteiger partial charge >= 0.3 is 11.8 Å². The molecule has 2 aliphatic rings. The number of thiophene rings is 1. The molecular weight excluding hydrogens is 567 g/mol. The third-order valence-corrected chi connectivity index (χ3v) is 11.7. The number of benzene rings is 2. The zero-order valence-corrected chi connectivity index (χ0v) is 24.2. The van der Waals surface area contributed by atoms with Crippen LogP contribution in [0.2, 0.25) is 0 Å². The van der Waals surface area contributed by atoms with Gasteiger partial charge in [-0.1, -0.05) is 35.6 Å². The molecule has 0 aliphatic carbocycles. The van der Waals surface area contributed by atoms with Crippen molar-refractivity contribution in [2.45, 2.75) is 29.9 Å². The lowest BCUT2D eigenvalue weighted by molar-refractivity contribution is -0.136. The molecule has 9 nitrogen and oxygen atoms in total. The number of amides is 2. The molecule has 2 aromatic carbocycles. The SMILES string of the molecule is O=C(NCC1CCN(c2nc3ccccc3s2)CC1)C(=O)Nc1ccc2c(c1)N(S(=O)(=O)c1cccs1)CCC2. The molecule has 2 N–H and O–H groups in total. The predicted octanol–water partition coefficient (Wildman–Crippen LogP) is 4.47. The minimum Gasteiger partial charge on any atom is -0.348 e. The number of piperidine rings is 1. The van der Waals surface area contributed by atoms with Crippen molar-refractivity contribution in [2.75, 3.05) is 40.7 Å². The average Bonchev–Trinajstić information content (AvgIpc) is 3.67. The fourth-order valence-electron chi connectivity index (χ4n) is 5.22. The summed E-state index contributed by atoms with van der Waals surface area (Å²) in [6, 6.07) is 16.6. The van der Waals surface area contributed by atoms with Crippen molar-refractivity contribution in [3.63, 3.8) is 0 Å². The van der Waals surface area contributed by atoms with Crippen molar-refractivity contribution in [3.8, 4) is 0 Å². The van der Waals surface area contributed by atoms with Gasteiger partial charge in [-0.3, -0.25) is 13.9 Å². The molecule has 2 aromatic heterocycles. The molecule has 4 heterocycles. The van der Waals surface area contributed by atoms with E-state index in [2.05, 4.69) is 21.6 Å². The van der Waals surface area contributed by atoms with Crippen molar-refractivity contribution in [1.82, 2.24) is 10.3 Å². The van der Waals surface area contributed by atoms with E-state index in [4.69, 9.17) is 4.98 Å². The molecule has 4 aromatic rings. The fraction of sp³-hybridized carbons (Fsp3) is 0.321. The summed E-state index contributed by atoms with van der Waals surface area (Å²) in [4.78, 5) is 32.3. The van der Waals surface area contributed by atoms with Gasteiger partial charge in [0.25, 0.3) is 10.0 Å². The van der Waals surface area contributed by atoms with Crippen molar-refractivity contribution in [1.29, 1.82) is 0 Å². The number of fused-ring (bicyclic) bond motifs is 2. The maximum atomic E-state index is 13.2. The minimum absolute atomic E-state index is 0.278. The standard InChI is InChI=1S/C28H29N5O4S3/c34-26(29-18-19-11-14-32(15-12-19)28-31-22-6-1-2-7-24(22)39-28)27(35)30-21-10-9-20-5-3-13-33(23(20)17-21)40(36,37)25-8-4-16-38-25/h1-2,4,6-10,16-17,19H,3,5,11-15,18H2,(H,29,34)(H,30,35). The Morgan fingerprint density at radius 2 is 1.82 bits per heavy atom. The van der Waals surface area contributed by atoms with Crippen LogP contribution < -0.4 is 19.8 Å². The smallest absolute Gasteiger partial charge is 0.313 e. The lowest BCUT2D eigenvalue weighted by atomic mass is 9.97. The van der Waals surface area contributed by atoms with E-state index >= 15 is 0 Å². The summed E-state index contributed by atoms with van der Waals surface area (Å²) in [6.07, 6.45) is 3.26. The van der Waals surface area contributed by atoms with E-state index in [1.54, 1.807) is 41.0 Å². The van der Waals surface area contributed by atoms with Crippen molar-refractivity contribution in [3.05, 3.63) is 65.5 Å². The average molecular weight is 596 g/mol. The summed E-state index contributed by atoms with van der Waals surface area (Å²) in [5.74, 6) is -1.19. The molecule has 0 unspecified atom stereocenters. The van der Waals surface area contributed by atoms with E-state index in [1.165, 1.54) is 20.3 Å². The molecule has 1 saturated heterocycles. The second kappa shape index (κ2) is 11.2. The molecule has 12 heteroatoms. The highest BCUT2D eigenvalue weighted by Crippen LogP contribution is 2.35. The van der Waals surface area contributed by atoms with Crippen LogP contribution >= 0.6 is 22.7 Å². The van der Waals surface area contributed by atoms with Crippen LogP contribution in [-0.2, 0) is 26.0 Å². The van der Waals surface area contributed by atoms with Gasteiger partial charge in [0, 0.05) is 31.9 Å². The molecule has 6 rings (SSSR count). The van der Waals surface area contributed by atoms with Crippen LogP contribution in [0.1, 0.15) is 24.8 Å². The van der Waals surface area contributed by atoms with Crippen molar-refractivity contribution in [2.24, 2.45) is 5.92 Å². The zero-order chi connectivity index (χ0) is 27.7. The van der Waals surface area contributed by atoms with E-state index in [0.29, 0.717) is 30.9 Å². The first-order valence-electron chi connectivity index (χ1n) is 13.3. The van der Waals surface area contributed by atoms with Gasteiger partial charge in [-0.15, -0.1) is 11.3 Å². The molecule has 208 valence electrons. The number of carbonyl (C=O) groups is 2. The maximum absolute atomic E-state index is 13.2. The predicted molar refractivity (Wildman–Crippen MR) is 160 cm³/mol. The quantitative estimate of drug-likeness (QED) is 0.318. The molecule has 1 fully saturated rings. The van der Waals surface area contributed by atoms with Crippen LogP contribution in [0.15, 0.2) is 64.2 Å². The largest absolute Gasteiger partial charge is 0.348 e. The number of rotatable bonds is 6. The first-order chi connectivity index (χ1) is 19.4. The van der Waals surface area contributed by atoms with Crippen LogP contribution in [-0.4, -0.2) is 51.4 Å². The minimum atomic E-state index is -3.69. The van der Waals surface area contributed by atoms with Crippen LogP contribution in [0.25, 0.3) is 10.2 Å². The second-order valence-corrected chi connectivity index (χ2v) is 14.1. The van der Waals surface area contributed by atoms with Gasteiger partial charge in [-0.05, 0) is 72.9 Å². The van der Waals surface area contributed by atoms with E-state index in [9.17, 15) is 18.0 Å². The first-order valence-corrected chi connectivity index (χ1v) is 16.4. The van der Waals surface area contributed by atoms with Gasteiger partial charge in [0.1, 0.15) is 4.21 Å². The Balaban J connectivity index is 1.03. The van der Waals surface area contributed by atoms with Gasteiger partial charge in [-0.25, -0.2) is 13.4 Å². The highest BCUT2D eigenvalue weighted by Gasteiger charge is 2.30. The number of hydrogen-bond acceptors (Lipinski definition) is 8. The summed E-state index contributed by atoms with van der Waals surface area (Å²) in [6.45, 7) is 2.50. The summed E-state index contributed by atoms with van der Waals surface area (Å²) in [5.41, 5.74) is 2.83. The Labute approximate surface area is 240 Å². The number of aryl methyl sites for hydroxylation is 1. The number of carbonyl (C=O) groups excluding carboxylic acids is 2. The number of hydrogen-bond donors (Lipinski definition) is 2. The van der Waals surface area contributed by atoms with Gasteiger partial charge in [0.15, 0.2) is 5.13 Å². The number of nitrogens with zero attached hydrogens (tertiary/aromatic N) is 3. The van der Waals surface area contributed by atoms with E-state index in [-0.39, 0.29) is 10.1 Å². The topological polar surface area (TPSA) is 112 Å². The highest BCUT2D eigenvalue weighted by molar-refractivity contribution is 7.94. The Morgan fingerprint density at radius 1 is 1.00 bits per heavy atom. The molecular formula is C28H29N5O4S3. The second-order valence-electron chi connectivity index (χ2n) is 10.0. The van der Waals surface area contributed by atoms with Crippen LogP contribution in [0.5, 0.6) is 0 Å². The fourth-order valence-corrected chi connectivity index (χ4v) is 8.87. The summed E-state index contributed by atoms with van der Waals surface area (Å²) in [7, 11) is -3.69. The normalized spacial score (nSPS) is 16.1. The molecule has 0 radical (unpaired) electrons. The molecule has 40 heavy (non-hydrogen) atoms. The number of aromatic nitrogens is 1. The number of sulfonamides is 1. The first kappa shape index (κ1) is 26.7. The van der Waals surface area contributed by atoms with Gasteiger partial charge < -0.3 is 15.5 Å². The molecule has 0 saturated carbocycles. The third kappa shape index (κ3) is 5.43. The zero-order valence-electron chi connectivity index (χ0n) is 21.7. The lowest BCUT2D eigenvalue weighted by Gasteiger charge is -2.31. The molecule has 0 atom stereocenters. The van der Waals surface area contributed by atoms with Crippen LogP contribution in [0, 0.1) is 5.92 Å². The van der Waals surface area contributed by atoms with Crippen LogP contribution in [0.3, 0.4) is 0 Å². The highest BCUT2D eigenvalue weighted by atomic mass is 32.2. The number of para-hydroxylation sites is 1. The van der Waals surface area contributed by atoms with E-state index in [0.717, 1.165) is 48.6 Å². The Morgan fingerprint density at radius 3 is 2.60 bits per heavy atom. The number of anilines is 3. The molecule has 2 aliphatic heterocycles. The Bertz CT molecular complexity index is 1610. The monoisotopic (exact) mass is 595 g/mol. The molecule has 2 amide bonds. The molecule has 0 bridgehead atoms. The van der Waals surface area contributed by atoms with Gasteiger partial charge in [-0.2, -0.15) is 0 Å². The molecule has 0 spiro atoms.